The molecule has 0 atom stereocenters. The smallest absolute Gasteiger partial charge is 0.151 e. The summed E-state index contributed by atoms with van der Waals surface area (Å²) >= 11 is 0. The van der Waals surface area contributed by atoms with Gasteiger partial charge in [0, 0.05) is 13.6 Å². The average Bonchev–Trinajstić information content (AvgIpc) is 2.47. The van der Waals surface area contributed by atoms with Crippen molar-refractivity contribution >= 4 is 5.82 Å². The molecule has 5 heteroatoms. The first-order chi connectivity index (χ1) is 9.22. The summed E-state index contributed by atoms with van der Waals surface area (Å²) in [5.41, 5.74) is 1.70. The van der Waals surface area contributed by atoms with Crippen LogP contribution in [0.5, 0.6) is 5.75 Å². The van der Waals surface area contributed by atoms with E-state index in [1.807, 2.05) is 42.3 Å². The molecule has 0 bridgehead atoms. The molecule has 0 aliphatic rings. The van der Waals surface area contributed by atoms with Gasteiger partial charge < -0.3 is 14.7 Å². The molecule has 0 amide bonds. The maximum atomic E-state index is 8.93. The zero-order chi connectivity index (χ0) is 13.7. The van der Waals surface area contributed by atoms with Crippen molar-refractivity contribution in [3.63, 3.8) is 0 Å². The number of aromatic nitrogens is 2. The monoisotopic (exact) mass is 259 g/mol. The Labute approximate surface area is 112 Å². The van der Waals surface area contributed by atoms with Gasteiger partial charge in [-0.25, -0.2) is 0 Å². The van der Waals surface area contributed by atoms with E-state index >= 15 is 0 Å². The summed E-state index contributed by atoms with van der Waals surface area (Å²) in [5, 5.41) is 16.9. The molecule has 0 aliphatic carbocycles. The largest absolute Gasteiger partial charge is 0.497 e. The van der Waals surface area contributed by atoms with E-state index in [2.05, 4.69) is 10.2 Å². The Morgan fingerprint density at radius 3 is 2.68 bits per heavy atom. The van der Waals surface area contributed by atoms with Gasteiger partial charge in [0.05, 0.1) is 19.4 Å². The zero-order valence-electron chi connectivity index (χ0n) is 11.1. The van der Waals surface area contributed by atoms with Crippen LogP contribution in [0.4, 0.5) is 5.82 Å². The average molecular weight is 259 g/mol. The van der Waals surface area contributed by atoms with Crippen LogP contribution in [0.15, 0.2) is 36.4 Å². The highest BCUT2D eigenvalue weighted by molar-refractivity contribution is 5.38. The number of hydrogen-bond donors (Lipinski definition) is 1. The predicted octanol–water partition coefficient (Wildman–Crippen LogP) is 1.61. The van der Waals surface area contributed by atoms with Crippen molar-refractivity contribution in [1.82, 2.24) is 10.2 Å². The van der Waals surface area contributed by atoms with Crippen LogP contribution in [0.3, 0.4) is 0 Å². The fourth-order valence-corrected chi connectivity index (χ4v) is 1.77. The zero-order valence-corrected chi connectivity index (χ0v) is 11.1. The number of methoxy groups -OCH3 is 1. The number of ether oxygens (including phenoxy) is 1. The molecule has 0 saturated carbocycles. The quantitative estimate of drug-likeness (QED) is 0.884. The van der Waals surface area contributed by atoms with Crippen LogP contribution in [0.1, 0.15) is 11.3 Å². The number of anilines is 1. The molecule has 0 radical (unpaired) electrons. The fourth-order valence-electron chi connectivity index (χ4n) is 1.77. The molecule has 0 fully saturated rings. The maximum absolute atomic E-state index is 8.93. The molecule has 100 valence electrons. The number of rotatable bonds is 5. The van der Waals surface area contributed by atoms with Gasteiger partial charge in [0.2, 0.25) is 0 Å². The third-order valence-electron chi connectivity index (χ3n) is 2.81. The van der Waals surface area contributed by atoms with Crippen molar-refractivity contribution in [2.24, 2.45) is 0 Å². The van der Waals surface area contributed by atoms with Crippen LogP contribution in [-0.2, 0) is 13.2 Å². The first-order valence-corrected chi connectivity index (χ1v) is 6.00. The second-order valence-electron chi connectivity index (χ2n) is 4.25. The molecule has 0 aliphatic heterocycles. The Morgan fingerprint density at radius 1 is 1.21 bits per heavy atom. The molecule has 0 spiro atoms. The maximum Gasteiger partial charge on any atom is 0.151 e. The minimum Gasteiger partial charge on any atom is -0.497 e. The number of aliphatic hydroxyl groups excluding tert-OH is 1. The van der Waals surface area contributed by atoms with Crippen LogP contribution in [0.25, 0.3) is 0 Å². The molecule has 0 unspecified atom stereocenters. The molecule has 1 aromatic carbocycles. The van der Waals surface area contributed by atoms with Crippen molar-refractivity contribution in [3.8, 4) is 5.75 Å². The van der Waals surface area contributed by atoms with Gasteiger partial charge in [0.25, 0.3) is 0 Å². The van der Waals surface area contributed by atoms with E-state index in [4.69, 9.17) is 9.84 Å². The fraction of sp³-hybridized carbons (Fsp3) is 0.286. The van der Waals surface area contributed by atoms with Crippen LogP contribution >= 0.6 is 0 Å². The minimum absolute atomic E-state index is 0.0904. The minimum atomic E-state index is -0.0904. The van der Waals surface area contributed by atoms with Crippen molar-refractivity contribution in [3.05, 3.63) is 47.7 Å². The Hall–Kier alpha value is -2.14. The summed E-state index contributed by atoms with van der Waals surface area (Å²) < 4.78 is 5.20. The van der Waals surface area contributed by atoms with Crippen LogP contribution < -0.4 is 9.64 Å². The molecule has 1 N–H and O–H groups in total. The summed E-state index contributed by atoms with van der Waals surface area (Å²) in [6.07, 6.45) is 0. The molecule has 2 rings (SSSR count). The van der Waals surface area contributed by atoms with Gasteiger partial charge in [0.15, 0.2) is 5.82 Å². The molecule has 0 saturated heterocycles. The Balaban J connectivity index is 2.08. The van der Waals surface area contributed by atoms with Gasteiger partial charge in [-0.3, -0.25) is 0 Å². The van der Waals surface area contributed by atoms with Crippen LogP contribution in [0, 0.1) is 0 Å². The van der Waals surface area contributed by atoms with E-state index in [0.717, 1.165) is 17.1 Å². The number of benzene rings is 1. The summed E-state index contributed by atoms with van der Waals surface area (Å²) in [6.45, 7) is 0.622. The Bertz CT molecular complexity index is 528. The van der Waals surface area contributed by atoms with E-state index in [-0.39, 0.29) is 6.61 Å². The van der Waals surface area contributed by atoms with E-state index in [0.29, 0.717) is 12.2 Å². The number of aliphatic hydroxyl groups is 1. The second-order valence-corrected chi connectivity index (χ2v) is 4.25. The highest BCUT2D eigenvalue weighted by Crippen LogP contribution is 2.16. The lowest BCUT2D eigenvalue weighted by atomic mass is 10.2. The van der Waals surface area contributed by atoms with Gasteiger partial charge in [-0.2, -0.15) is 5.10 Å². The number of nitrogens with zero attached hydrogens (tertiary/aromatic N) is 3. The Morgan fingerprint density at radius 2 is 2.05 bits per heavy atom. The lowest BCUT2D eigenvalue weighted by Gasteiger charge is -2.18. The predicted molar refractivity (Wildman–Crippen MR) is 73.1 cm³/mol. The molecular weight excluding hydrogens is 242 g/mol. The van der Waals surface area contributed by atoms with Gasteiger partial charge >= 0.3 is 0 Å². The summed E-state index contributed by atoms with van der Waals surface area (Å²) in [4.78, 5) is 1.99. The number of hydrogen-bond acceptors (Lipinski definition) is 5. The summed E-state index contributed by atoms with van der Waals surface area (Å²) in [7, 11) is 3.60. The highest BCUT2D eigenvalue weighted by atomic mass is 16.5. The van der Waals surface area contributed by atoms with Crippen molar-refractivity contribution in [2.45, 2.75) is 13.2 Å². The third-order valence-corrected chi connectivity index (χ3v) is 2.81. The lowest BCUT2D eigenvalue weighted by molar-refractivity contribution is 0.275. The standard InChI is InChI=1S/C14H17N3O2/c1-17(14-7-6-12(10-18)15-16-14)9-11-4-3-5-13(8-11)19-2/h3-8,18H,9-10H2,1-2H3. The molecule has 2 aromatic rings. The topological polar surface area (TPSA) is 58.5 Å². The molecule has 5 nitrogen and oxygen atoms in total. The molecule has 1 aromatic heterocycles. The highest BCUT2D eigenvalue weighted by Gasteiger charge is 2.05. The van der Waals surface area contributed by atoms with Gasteiger partial charge in [-0.1, -0.05) is 12.1 Å². The lowest BCUT2D eigenvalue weighted by Crippen LogP contribution is -2.18. The molecular formula is C14H17N3O2. The van der Waals surface area contributed by atoms with Crippen LogP contribution in [-0.4, -0.2) is 29.5 Å². The molecule has 1 heterocycles. The first kappa shape index (κ1) is 13.3. The molecule has 19 heavy (non-hydrogen) atoms. The van der Waals surface area contributed by atoms with Gasteiger partial charge in [-0.15, -0.1) is 5.10 Å². The third kappa shape index (κ3) is 3.42. The van der Waals surface area contributed by atoms with Gasteiger partial charge in [-0.05, 0) is 29.8 Å². The van der Waals surface area contributed by atoms with Crippen molar-refractivity contribution in [2.75, 3.05) is 19.1 Å². The SMILES string of the molecule is COc1cccc(CN(C)c2ccc(CO)nn2)c1. The first-order valence-electron chi connectivity index (χ1n) is 6.00. The van der Waals surface area contributed by atoms with Gasteiger partial charge in [0.1, 0.15) is 5.75 Å². The van der Waals surface area contributed by atoms with Crippen molar-refractivity contribution < 1.29 is 9.84 Å². The van der Waals surface area contributed by atoms with E-state index in [1.54, 1.807) is 13.2 Å². The van der Waals surface area contributed by atoms with Crippen LogP contribution in [0.2, 0.25) is 0 Å². The Kier molecular flexibility index (Phi) is 4.30. The van der Waals surface area contributed by atoms with E-state index < -0.39 is 0 Å². The van der Waals surface area contributed by atoms with Crippen molar-refractivity contribution in [1.29, 1.82) is 0 Å². The van der Waals surface area contributed by atoms with E-state index in [1.165, 1.54) is 0 Å². The summed E-state index contributed by atoms with van der Waals surface area (Å²) in [5.74, 6) is 1.60. The second kappa shape index (κ2) is 6.15. The van der Waals surface area contributed by atoms with E-state index in [9.17, 15) is 0 Å². The summed E-state index contributed by atoms with van der Waals surface area (Å²) in [6, 6.07) is 11.5. The normalized spacial score (nSPS) is 10.3.